The van der Waals surface area contributed by atoms with E-state index >= 15 is 0 Å². The maximum Gasteiger partial charge on any atom is 0.0221 e. The van der Waals surface area contributed by atoms with Gasteiger partial charge in [-0.2, -0.15) is 0 Å². The third-order valence-corrected chi connectivity index (χ3v) is 4.97. The predicted molar refractivity (Wildman–Crippen MR) is 60.2 cm³/mol. The van der Waals surface area contributed by atoms with Gasteiger partial charge in [-0.3, -0.25) is 0 Å². The Balaban J connectivity index is 2.09. The average molecular weight is 209 g/mol. The lowest BCUT2D eigenvalue weighted by Crippen LogP contribution is -2.45. The van der Waals surface area contributed by atoms with Gasteiger partial charge in [0, 0.05) is 15.9 Å². The van der Waals surface area contributed by atoms with E-state index < -0.39 is 0 Å². The first-order chi connectivity index (χ1) is 6.50. The zero-order valence-electron chi connectivity index (χ0n) is 8.94. The summed E-state index contributed by atoms with van der Waals surface area (Å²) >= 11 is 6.36. The second-order valence-electron chi connectivity index (χ2n) is 6.13. The molecule has 0 heterocycles. The van der Waals surface area contributed by atoms with Gasteiger partial charge < -0.3 is 0 Å². The highest BCUT2D eigenvalue weighted by atomic mass is 35.5. The van der Waals surface area contributed by atoms with E-state index in [1.54, 1.807) is 0 Å². The fraction of sp³-hybridized carbons (Fsp3) is 0.692. The van der Waals surface area contributed by atoms with Crippen molar-refractivity contribution in [2.24, 2.45) is 16.2 Å². The van der Waals surface area contributed by atoms with Crippen molar-refractivity contribution >= 4 is 11.6 Å². The van der Waals surface area contributed by atoms with Gasteiger partial charge in [0.15, 0.2) is 0 Å². The Morgan fingerprint density at radius 1 is 1.14 bits per heavy atom. The number of rotatable bonds is 0. The molecule has 14 heavy (non-hydrogen) atoms. The van der Waals surface area contributed by atoms with Gasteiger partial charge in [0.05, 0.1) is 0 Å². The molecule has 0 N–H and O–H groups in total. The lowest BCUT2D eigenvalue weighted by molar-refractivity contribution is 0.128. The topological polar surface area (TPSA) is 0 Å². The van der Waals surface area contributed by atoms with Crippen LogP contribution in [0.5, 0.6) is 0 Å². The number of hydrogen-bond acceptors (Lipinski definition) is 0. The van der Waals surface area contributed by atoms with Crippen molar-refractivity contribution in [1.82, 2.24) is 0 Å². The third kappa shape index (κ3) is 0.821. The summed E-state index contributed by atoms with van der Waals surface area (Å²) in [6.45, 7) is 4.77. The van der Waals surface area contributed by atoms with Crippen molar-refractivity contribution in [2.75, 3.05) is 0 Å². The molecule has 0 amide bonds. The highest BCUT2D eigenvalue weighted by molar-refractivity contribution is 6.31. The maximum absolute atomic E-state index is 6.36. The van der Waals surface area contributed by atoms with Crippen molar-refractivity contribution in [3.8, 4) is 0 Å². The van der Waals surface area contributed by atoms with E-state index in [2.05, 4.69) is 32.1 Å². The fourth-order valence-electron chi connectivity index (χ4n) is 4.17. The molecule has 1 heteroatoms. The Morgan fingerprint density at radius 2 is 1.86 bits per heavy atom. The Bertz CT molecular complexity index is 350. The van der Waals surface area contributed by atoms with Crippen LogP contribution in [0.25, 0.3) is 0 Å². The largest absolute Gasteiger partial charge is 0.0888 e. The van der Waals surface area contributed by atoms with E-state index in [-0.39, 0.29) is 0 Å². The molecule has 0 aliphatic heterocycles. The Kier molecular flexibility index (Phi) is 1.48. The van der Waals surface area contributed by atoms with Crippen molar-refractivity contribution < 1.29 is 0 Å². The van der Waals surface area contributed by atoms with E-state index in [1.807, 2.05) is 0 Å². The summed E-state index contributed by atoms with van der Waals surface area (Å²) in [4.78, 5) is 0. The average Bonchev–Trinajstić information content (AvgIpc) is 2.28. The lowest BCUT2D eigenvalue weighted by Gasteiger charge is -2.53. The number of halogens is 1. The Hall–Kier alpha value is -0.230. The van der Waals surface area contributed by atoms with Gasteiger partial charge in [-0.25, -0.2) is 0 Å². The van der Waals surface area contributed by atoms with Gasteiger partial charge >= 0.3 is 0 Å². The molecule has 3 aliphatic rings. The summed E-state index contributed by atoms with van der Waals surface area (Å²) in [5, 5.41) is 1.15. The SMILES string of the molecule is CC1(C)C[C@@]23C=C(Cl)[C@@]2(CC=CC3)C1. The van der Waals surface area contributed by atoms with Gasteiger partial charge in [-0.15, -0.1) is 0 Å². The molecule has 0 unspecified atom stereocenters. The molecule has 0 saturated heterocycles. The second kappa shape index (κ2) is 2.29. The van der Waals surface area contributed by atoms with E-state index in [0.29, 0.717) is 16.2 Å². The van der Waals surface area contributed by atoms with Crippen LogP contribution in [-0.2, 0) is 0 Å². The third-order valence-electron chi connectivity index (χ3n) is 4.50. The van der Waals surface area contributed by atoms with Gasteiger partial charge in [-0.05, 0) is 31.1 Å². The summed E-state index contributed by atoms with van der Waals surface area (Å²) in [6, 6.07) is 0. The summed E-state index contributed by atoms with van der Waals surface area (Å²) in [5.74, 6) is 0. The molecule has 3 rings (SSSR count). The molecule has 0 nitrogen and oxygen atoms in total. The first-order valence-corrected chi connectivity index (χ1v) is 5.92. The van der Waals surface area contributed by atoms with Gasteiger partial charge in [-0.1, -0.05) is 43.7 Å². The van der Waals surface area contributed by atoms with E-state index in [0.717, 1.165) is 5.03 Å². The molecular formula is C13H17Cl. The van der Waals surface area contributed by atoms with Gasteiger partial charge in [0.1, 0.15) is 0 Å². The van der Waals surface area contributed by atoms with Crippen LogP contribution in [0.1, 0.15) is 39.5 Å². The number of hydrogen-bond donors (Lipinski definition) is 0. The molecule has 0 spiro atoms. The molecule has 0 aromatic rings. The number of allylic oxidation sites excluding steroid dienone is 4. The molecule has 0 aromatic carbocycles. The molecule has 0 bridgehead atoms. The monoisotopic (exact) mass is 208 g/mol. The quantitative estimate of drug-likeness (QED) is 0.522. The van der Waals surface area contributed by atoms with E-state index in [4.69, 9.17) is 11.6 Å². The van der Waals surface area contributed by atoms with E-state index in [9.17, 15) is 0 Å². The molecule has 1 fully saturated rings. The van der Waals surface area contributed by atoms with Crippen LogP contribution < -0.4 is 0 Å². The van der Waals surface area contributed by atoms with Gasteiger partial charge in [0.25, 0.3) is 0 Å². The molecule has 76 valence electrons. The molecule has 0 radical (unpaired) electrons. The van der Waals surface area contributed by atoms with Crippen molar-refractivity contribution in [1.29, 1.82) is 0 Å². The van der Waals surface area contributed by atoms with Crippen molar-refractivity contribution in [3.05, 3.63) is 23.3 Å². The van der Waals surface area contributed by atoms with Crippen molar-refractivity contribution in [2.45, 2.75) is 39.5 Å². The van der Waals surface area contributed by atoms with E-state index in [1.165, 1.54) is 25.7 Å². The summed E-state index contributed by atoms with van der Waals surface area (Å²) in [7, 11) is 0. The molecule has 3 aliphatic carbocycles. The van der Waals surface area contributed by atoms with Gasteiger partial charge in [0.2, 0.25) is 0 Å². The minimum atomic E-state index is 0.340. The lowest BCUT2D eigenvalue weighted by atomic mass is 9.52. The highest BCUT2D eigenvalue weighted by Gasteiger charge is 2.65. The first kappa shape index (κ1) is 9.03. The molecule has 2 atom stereocenters. The summed E-state index contributed by atoms with van der Waals surface area (Å²) < 4.78 is 0. The van der Waals surface area contributed by atoms with Crippen LogP contribution in [0.2, 0.25) is 0 Å². The van der Waals surface area contributed by atoms with Crippen LogP contribution >= 0.6 is 11.6 Å². The fourth-order valence-corrected chi connectivity index (χ4v) is 4.71. The summed E-state index contributed by atoms with van der Waals surface area (Å²) in [5.41, 5.74) is 1.24. The van der Waals surface area contributed by atoms with Crippen LogP contribution in [0.4, 0.5) is 0 Å². The predicted octanol–water partition coefficient (Wildman–Crippen LogP) is 4.27. The van der Waals surface area contributed by atoms with Crippen LogP contribution in [-0.4, -0.2) is 0 Å². The minimum absolute atomic E-state index is 0.340. The summed E-state index contributed by atoms with van der Waals surface area (Å²) in [6.07, 6.45) is 12.0. The molecule has 1 saturated carbocycles. The van der Waals surface area contributed by atoms with Crippen LogP contribution in [0.3, 0.4) is 0 Å². The standard InChI is InChI=1S/C13H17Cl/c1-11(2)8-12-5-3-4-6-13(12,9-11)10(14)7-12/h3-4,7H,5-6,8-9H2,1-2H3/t12-,13-/m1/s1. The highest BCUT2D eigenvalue weighted by Crippen LogP contribution is 2.75. The normalized spacial score (nSPS) is 47.8. The molecule has 0 aromatic heterocycles. The zero-order chi connectivity index (χ0) is 10.0. The van der Waals surface area contributed by atoms with Crippen LogP contribution in [0.15, 0.2) is 23.3 Å². The smallest absolute Gasteiger partial charge is 0.0221 e. The molecular weight excluding hydrogens is 192 g/mol. The second-order valence-corrected chi connectivity index (χ2v) is 6.54. The zero-order valence-corrected chi connectivity index (χ0v) is 9.69. The maximum atomic E-state index is 6.36. The van der Waals surface area contributed by atoms with Crippen molar-refractivity contribution in [3.63, 3.8) is 0 Å². The Morgan fingerprint density at radius 3 is 2.50 bits per heavy atom. The Labute approximate surface area is 91.0 Å². The first-order valence-electron chi connectivity index (χ1n) is 5.54. The van der Waals surface area contributed by atoms with Crippen LogP contribution in [0, 0.1) is 16.2 Å². The minimum Gasteiger partial charge on any atom is -0.0888 e.